The molecular weight excluding hydrogens is 156 g/mol. The topological polar surface area (TPSA) is 49.7 Å². The van der Waals surface area contributed by atoms with Crippen LogP contribution in [0, 0.1) is 17.8 Å². The summed E-state index contributed by atoms with van der Waals surface area (Å²) in [6.07, 6.45) is 1.27. The van der Waals surface area contributed by atoms with Gasteiger partial charge in [0.05, 0.1) is 11.7 Å². The highest BCUT2D eigenvalue weighted by Crippen LogP contribution is 2.60. The van der Waals surface area contributed by atoms with Crippen LogP contribution in [0.25, 0.3) is 0 Å². The van der Waals surface area contributed by atoms with Gasteiger partial charge in [0.15, 0.2) is 6.29 Å². The lowest BCUT2D eigenvalue weighted by Crippen LogP contribution is -2.43. The van der Waals surface area contributed by atoms with E-state index in [2.05, 4.69) is 0 Å². The predicted octanol–water partition coefficient (Wildman–Crippen LogP) is 0.111. The van der Waals surface area contributed by atoms with E-state index in [0.717, 1.165) is 12.8 Å². The zero-order chi connectivity index (χ0) is 8.51. The van der Waals surface area contributed by atoms with Crippen LogP contribution in [0.5, 0.6) is 0 Å². The second-order valence-corrected chi connectivity index (χ2v) is 4.67. The van der Waals surface area contributed by atoms with Crippen LogP contribution < -0.4 is 0 Å². The minimum Gasteiger partial charge on any atom is -0.387 e. The molecule has 0 radical (unpaired) electrons. The Morgan fingerprint density at radius 1 is 1.33 bits per heavy atom. The Morgan fingerprint density at radius 3 is 2.58 bits per heavy atom. The third-order valence-electron chi connectivity index (χ3n) is 4.11. The third-order valence-corrected chi connectivity index (χ3v) is 4.11. The van der Waals surface area contributed by atoms with Crippen LogP contribution in [-0.4, -0.2) is 28.2 Å². The van der Waals surface area contributed by atoms with Crippen molar-refractivity contribution in [1.82, 2.24) is 0 Å². The molecule has 2 bridgehead atoms. The number of hydrogen-bond donors (Lipinski definition) is 2. The zero-order valence-corrected chi connectivity index (χ0v) is 7.10. The highest BCUT2D eigenvalue weighted by atomic mass is 16.6. The monoisotopic (exact) mass is 170 g/mol. The fraction of sp³-hybridized carbons (Fsp3) is 1.00. The van der Waals surface area contributed by atoms with Crippen LogP contribution in [0.3, 0.4) is 0 Å². The van der Waals surface area contributed by atoms with Gasteiger partial charge >= 0.3 is 0 Å². The zero-order valence-electron chi connectivity index (χ0n) is 7.10. The minimum absolute atomic E-state index is 0.101. The molecule has 3 nitrogen and oxygen atoms in total. The number of rotatable bonds is 0. The SMILES string of the molecule is CC1(O)C2CC3C(O)OC1C3C2. The third kappa shape index (κ3) is 0.605. The van der Waals surface area contributed by atoms with Crippen LogP contribution in [0.1, 0.15) is 19.8 Å². The summed E-state index contributed by atoms with van der Waals surface area (Å²) in [5.41, 5.74) is -0.682. The summed E-state index contributed by atoms with van der Waals surface area (Å²) >= 11 is 0. The molecule has 3 aliphatic rings. The molecule has 0 amide bonds. The minimum atomic E-state index is -0.682. The van der Waals surface area contributed by atoms with Gasteiger partial charge in [0, 0.05) is 5.92 Å². The van der Waals surface area contributed by atoms with E-state index < -0.39 is 11.9 Å². The molecule has 1 saturated heterocycles. The van der Waals surface area contributed by atoms with E-state index in [1.54, 1.807) is 0 Å². The molecule has 2 N–H and O–H groups in total. The van der Waals surface area contributed by atoms with Crippen molar-refractivity contribution in [2.24, 2.45) is 17.8 Å². The molecule has 0 spiro atoms. The highest BCUT2D eigenvalue weighted by molar-refractivity contribution is 5.12. The maximum absolute atomic E-state index is 10.1. The molecule has 0 aromatic carbocycles. The molecule has 6 atom stereocenters. The molecule has 3 fully saturated rings. The molecule has 0 aromatic heterocycles. The van der Waals surface area contributed by atoms with Crippen LogP contribution in [0.2, 0.25) is 0 Å². The highest BCUT2D eigenvalue weighted by Gasteiger charge is 2.65. The van der Waals surface area contributed by atoms with E-state index in [9.17, 15) is 10.2 Å². The van der Waals surface area contributed by atoms with Crippen molar-refractivity contribution in [3.05, 3.63) is 0 Å². The number of aliphatic hydroxyl groups is 2. The quantitative estimate of drug-likeness (QED) is 0.542. The fourth-order valence-electron chi connectivity index (χ4n) is 3.41. The van der Waals surface area contributed by atoms with Crippen LogP contribution >= 0.6 is 0 Å². The lowest BCUT2D eigenvalue weighted by molar-refractivity contribution is -0.148. The largest absolute Gasteiger partial charge is 0.387 e. The van der Waals surface area contributed by atoms with Gasteiger partial charge in [-0.25, -0.2) is 0 Å². The van der Waals surface area contributed by atoms with E-state index in [0.29, 0.717) is 17.8 Å². The first-order valence-electron chi connectivity index (χ1n) is 4.66. The van der Waals surface area contributed by atoms with Crippen molar-refractivity contribution < 1.29 is 14.9 Å². The maximum Gasteiger partial charge on any atom is 0.158 e. The lowest BCUT2D eigenvalue weighted by Gasteiger charge is -2.32. The summed E-state index contributed by atoms with van der Waals surface area (Å²) in [7, 11) is 0. The summed E-state index contributed by atoms with van der Waals surface area (Å²) in [4.78, 5) is 0. The molecule has 3 heteroatoms. The van der Waals surface area contributed by atoms with Gasteiger partial charge in [-0.05, 0) is 31.6 Å². The average molecular weight is 170 g/mol. The Balaban J connectivity index is 2.02. The van der Waals surface area contributed by atoms with Gasteiger partial charge in [0.1, 0.15) is 0 Å². The van der Waals surface area contributed by atoms with Crippen molar-refractivity contribution in [3.63, 3.8) is 0 Å². The standard InChI is InChI=1S/C9H14O3/c1-9(11)4-2-5-6(3-4)8(10)12-7(5)9/h4-8,10-11H,2-3H2,1H3. The Labute approximate surface area is 71.3 Å². The number of ether oxygens (including phenoxy) is 1. The van der Waals surface area contributed by atoms with Crippen LogP contribution in [-0.2, 0) is 4.74 Å². The van der Waals surface area contributed by atoms with Crippen LogP contribution in [0.4, 0.5) is 0 Å². The van der Waals surface area contributed by atoms with Crippen LogP contribution in [0.15, 0.2) is 0 Å². The van der Waals surface area contributed by atoms with E-state index >= 15 is 0 Å². The summed E-state index contributed by atoms with van der Waals surface area (Å²) in [6, 6.07) is 0. The van der Waals surface area contributed by atoms with Crippen molar-refractivity contribution in [1.29, 1.82) is 0 Å². The van der Waals surface area contributed by atoms with Gasteiger partial charge in [-0.2, -0.15) is 0 Å². The maximum atomic E-state index is 10.1. The second-order valence-electron chi connectivity index (χ2n) is 4.67. The predicted molar refractivity (Wildman–Crippen MR) is 41.2 cm³/mol. The van der Waals surface area contributed by atoms with E-state index in [-0.39, 0.29) is 6.10 Å². The molecule has 1 aliphatic heterocycles. The van der Waals surface area contributed by atoms with Crippen molar-refractivity contribution >= 4 is 0 Å². The molecule has 68 valence electrons. The normalized spacial score (nSPS) is 67.8. The first-order chi connectivity index (χ1) is 5.60. The van der Waals surface area contributed by atoms with Gasteiger partial charge in [-0.1, -0.05) is 0 Å². The first-order valence-corrected chi connectivity index (χ1v) is 4.66. The van der Waals surface area contributed by atoms with Gasteiger partial charge in [-0.15, -0.1) is 0 Å². The molecule has 0 aromatic rings. The van der Waals surface area contributed by atoms with Gasteiger partial charge in [-0.3, -0.25) is 0 Å². The molecule has 2 saturated carbocycles. The van der Waals surface area contributed by atoms with Gasteiger partial charge in [0.25, 0.3) is 0 Å². The molecule has 6 unspecified atom stereocenters. The Bertz CT molecular complexity index is 226. The molecule has 12 heavy (non-hydrogen) atoms. The van der Waals surface area contributed by atoms with Gasteiger partial charge in [0.2, 0.25) is 0 Å². The lowest BCUT2D eigenvalue weighted by atomic mass is 9.80. The smallest absolute Gasteiger partial charge is 0.158 e. The second kappa shape index (κ2) is 1.86. The molecule has 3 rings (SSSR count). The molecular formula is C9H14O3. The van der Waals surface area contributed by atoms with Crippen molar-refractivity contribution in [2.45, 2.75) is 37.8 Å². The fourth-order valence-corrected chi connectivity index (χ4v) is 3.41. The first kappa shape index (κ1) is 7.30. The van der Waals surface area contributed by atoms with Crippen molar-refractivity contribution in [2.75, 3.05) is 0 Å². The Hall–Kier alpha value is -0.120. The number of fused-ring (bicyclic) bond motifs is 1. The molecule has 2 aliphatic carbocycles. The summed E-state index contributed by atoms with van der Waals surface area (Å²) in [5, 5.41) is 19.5. The van der Waals surface area contributed by atoms with E-state index in [1.807, 2.05) is 6.92 Å². The molecule has 1 heterocycles. The Kier molecular flexibility index (Phi) is 1.13. The summed E-state index contributed by atoms with van der Waals surface area (Å²) in [6.45, 7) is 1.84. The van der Waals surface area contributed by atoms with E-state index in [4.69, 9.17) is 4.74 Å². The van der Waals surface area contributed by atoms with E-state index in [1.165, 1.54) is 0 Å². The Morgan fingerprint density at radius 2 is 2.00 bits per heavy atom. The summed E-state index contributed by atoms with van der Waals surface area (Å²) in [5.74, 6) is 1.08. The number of hydrogen-bond acceptors (Lipinski definition) is 3. The average Bonchev–Trinajstić information content (AvgIpc) is 2.53. The number of aliphatic hydroxyl groups excluding tert-OH is 1. The van der Waals surface area contributed by atoms with Gasteiger partial charge < -0.3 is 14.9 Å². The summed E-state index contributed by atoms with van der Waals surface area (Å²) < 4.78 is 5.36. The van der Waals surface area contributed by atoms with Crippen molar-refractivity contribution in [3.8, 4) is 0 Å².